The van der Waals surface area contributed by atoms with E-state index in [1.54, 1.807) is 12.1 Å². The molecule has 0 saturated carbocycles. The van der Waals surface area contributed by atoms with Gasteiger partial charge in [-0.25, -0.2) is 0 Å². The van der Waals surface area contributed by atoms with Gasteiger partial charge in [-0.05, 0) is 37.0 Å². The zero-order valence-electron chi connectivity index (χ0n) is 10.7. The zero-order valence-corrected chi connectivity index (χ0v) is 10.7. The summed E-state index contributed by atoms with van der Waals surface area (Å²) in [6, 6.07) is 5.38. The summed E-state index contributed by atoms with van der Waals surface area (Å²) in [6.07, 6.45) is 5.12. The summed E-state index contributed by atoms with van der Waals surface area (Å²) in [6.45, 7) is 5.59. The minimum atomic E-state index is -0.0825. The van der Waals surface area contributed by atoms with Gasteiger partial charge < -0.3 is 0 Å². The van der Waals surface area contributed by atoms with E-state index in [2.05, 4.69) is 13.5 Å². The average molecular weight is 258 g/mol. The van der Waals surface area contributed by atoms with Crippen molar-refractivity contribution in [2.24, 2.45) is 5.92 Å². The fourth-order valence-corrected chi connectivity index (χ4v) is 2.62. The summed E-state index contributed by atoms with van der Waals surface area (Å²) in [7, 11) is 0. The first-order valence-electron chi connectivity index (χ1n) is 6.51. The third kappa shape index (κ3) is 3.01. The minimum absolute atomic E-state index is 0. The standard InChI is InChI=1S/C16H18O2.CH4/c1-3-5-11-6-7-12-10-13(15(17)4-2)8-9-14(12)16(11)18;/h4,8-11H,2-3,5-7H2,1H3;1H4. The van der Waals surface area contributed by atoms with Crippen LogP contribution in [-0.4, -0.2) is 11.6 Å². The Balaban J connectivity index is 0.00000180. The van der Waals surface area contributed by atoms with Crippen molar-refractivity contribution in [1.82, 2.24) is 0 Å². The highest BCUT2D eigenvalue weighted by Gasteiger charge is 2.26. The van der Waals surface area contributed by atoms with E-state index in [0.29, 0.717) is 5.56 Å². The summed E-state index contributed by atoms with van der Waals surface area (Å²) in [5.74, 6) is 0.333. The Morgan fingerprint density at radius 1 is 1.47 bits per heavy atom. The van der Waals surface area contributed by atoms with Crippen LogP contribution in [0.1, 0.15) is 59.9 Å². The van der Waals surface area contributed by atoms with E-state index < -0.39 is 0 Å². The molecule has 0 heterocycles. The zero-order chi connectivity index (χ0) is 13.1. The van der Waals surface area contributed by atoms with Crippen molar-refractivity contribution in [2.75, 3.05) is 0 Å². The van der Waals surface area contributed by atoms with E-state index in [1.807, 2.05) is 6.07 Å². The molecule has 0 amide bonds. The van der Waals surface area contributed by atoms with E-state index in [0.717, 1.165) is 36.8 Å². The number of carbonyl (C=O) groups excluding carboxylic acids is 2. The highest BCUT2D eigenvalue weighted by atomic mass is 16.1. The second kappa shape index (κ2) is 6.46. The Hall–Kier alpha value is -1.70. The molecule has 19 heavy (non-hydrogen) atoms. The molecule has 102 valence electrons. The first-order chi connectivity index (χ1) is 8.67. The molecule has 0 saturated heterocycles. The predicted octanol–water partition coefficient (Wildman–Crippen LogP) is 4.24. The lowest BCUT2D eigenvalue weighted by Gasteiger charge is -2.23. The molecule has 1 aliphatic carbocycles. The molecule has 1 aromatic carbocycles. The van der Waals surface area contributed by atoms with Gasteiger partial charge in [-0.1, -0.05) is 39.5 Å². The van der Waals surface area contributed by atoms with Gasteiger partial charge >= 0.3 is 0 Å². The number of hydrogen-bond acceptors (Lipinski definition) is 2. The Labute approximate surface area is 115 Å². The van der Waals surface area contributed by atoms with Crippen LogP contribution in [0.15, 0.2) is 30.9 Å². The molecular weight excluding hydrogens is 236 g/mol. The van der Waals surface area contributed by atoms with Crippen molar-refractivity contribution < 1.29 is 9.59 Å². The molecule has 1 unspecified atom stereocenters. The molecule has 2 rings (SSSR count). The van der Waals surface area contributed by atoms with E-state index >= 15 is 0 Å². The summed E-state index contributed by atoms with van der Waals surface area (Å²) >= 11 is 0. The highest BCUT2D eigenvalue weighted by Crippen LogP contribution is 2.29. The lowest BCUT2D eigenvalue weighted by Crippen LogP contribution is -2.22. The Bertz CT molecular complexity index is 500. The lowest BCUT2D eigenvalue weighted by atomic mass is 9.80. The minimum Gasteiger partial charge on any atom is -0.294 e. The molecule has 0 bridgehead atoms. The maximum Gasteiger partial charge on any atom is 0.185 e. The second-order valence-electron chi connectivity index (χ2n) is 4.83. The third-order valence-electron chi connectivity index (χ3n) is 3.61. The Kier molecular flexibility index (Phi) is 5.22. The van der Waals surface area contributed by atoms with Crippen molar-refractivity contribution in [3.8, 4) is 0 Å². The molecule has 0 spiro atoms. The number of allylic oxidation sites excluding steroid dienone is 1. The van der Waals surface area contributed by atoms with Crippen LogP contribution in [0.3, 0.4) is 0 Å². The Morgan fingerprint density at radius 3 is 2.84 bits per heavy atom. The molecule has 1 atom stereocenters. The second-order valence-corrected chi connectivity index (χ2v) is 4.83. The normalized spacial score (nSPS) is 17.3. The van der Waals surface area contributed by atoms with E-state index in [9.17, 15) is 9.59 Å². The van der Waals surface area contributed by atoms with Crippen LogP contribution < -0.4 is 0 Å². The van der Waals surface area contributed by atoms with Gasteiger partial charge in [-0.2, -0.15) is 0 Å². The largest absolute Gasteiger partial charge is 0.294 e. The molecular formula is C17H22O2. The van der Waals surface area contributed by atoms with Crippen LogP contribution in [-0.2, 0) is 6.42 Å². The van der Waals surface area contributed by atoms with Crippen molar-refractivity contribution in [2.45, 2.75) is 40.0 Å². The van der Waals surface area contributed by atoms with E-state index in [1.165, 1.54) is 6.08 Å². The van der Waals surface area contributed by atoms with Gasteiger partial charge in [0.1, 0.15) is 0 Å². The van der Waals surface area contributed by atoms with Gasteiger partial charge in [0.2, 0.25) is 0 Å². The number of Topliss-reactive ketones (excluding diaryl/α,β-unsaturated/α-hetero) is 1. The third-order valence-corrected chi connectivity index (χ3v) is 3.61. The fraction of sp³-hybridized carbons (Fsp3) is 0.412. The average Bonchev–Trinajstić information content (AvgIpc) is 2.41. The van der Waals surface area contributed by atoms with Crippen LogP contribution >= 0.6 is 0 Å². The number of rotatable bonds is 4. The number of fused-ring (bicyclic) bond motifs is 1. The lowest BCUT2D eigenvalue weighted by molar-refractivity contribution is 0.0893. The molecule has 0 radical (unpaired) electrons. The highest BCUT2D eigenvalue weighted by molar-refractivity contribution is 6.06. The maximum atomic E-state index is 12.3. The molecule has 0 fully saturated rings. The van der Waals surface area contributed by atoms with Gasteiger partial charge in [0.15, 0.2) is 11.6 Å². The van der Waals surface area contributed by atoms with Crippen LogP contribution in [0.25, 0.3) is 0 Å². The van der Waals surface area contributed by atoms with Crippen LogP contribution in [0.5, 0.6) is 0 Å². The molecule has 2 nitrogen and oxygen atoms in total. The summed E-state index contributed by atoms with van der Waals surface area (Å²) < 4.78 is 0. The van der Waals surface area contributed by atoms with Gasteiger partial charge in [-0.15, -0.1) is 0 Å². The monoisotopic (exact) mass is 258 g/mol. The molecule has 0 aliphatic heterocycles. The van der Waals surface area contributed by atoms with E-state index in [-0.39, 0.29) is 24.9 Å². The Morgan fingerprint density at radius 2 is 2.21 bits per heavy atom. The smallest absolute Gasteiger partial charge is 0.185 e. The number of benzene rings is 1. The molecule has 1 aromatic rings. The topological polar surface area (TPSA) is 34.1 Å². The maximum absolute atomic E-state index is 12.3. The van der Waals surface area contributed by atoms with Crippen LogP contribution in [0.2, 0.25) is 0 Å². The van der Waals surface area contributed by atoms with Crippen molar-refractivity contribution in [3.63, 3.8) is 0 Å². The number of carbonyl (C=O) groups is 2. The SMILES string of the molecule is C.C=CC(=O)c1ccc2c(c1)CCC(CCC)C2=O. The molecule has 0 aromatic heterocycles. The summed E-state index contributed by atoms with van der Waals surface area (Å²) in [5, 5.41) is 0. The first kappa shape index (κ1) is 15.4. The van der Waals surface area contributed by atoms with Gasteiger partial charge in [-0.3, -0.25) is 9.59 Å². The van der Waals surface area contributed by atoms with Crippen LogP contribution in [0, 0.1) is 5.92 Å². The first-order valence-corrected chi connectivity index (χ1v) is 6.51. The predicted molar refractivity (Wildman–Crippen MR) is 78.8 cm³/mol. The molecule has 2 heteroatoms. The number of aryl methyl sites for hydroxylation is 1. The van der Waals surface area contributed by atoms with Gasteiger partial charge in [0.05, 0.1) is 0 Å². The molecule has 1 aliphatic rings. The van der Waals surface area contributed by atoms with Gasteiger partial charge in [0, 0.05) is 17.0 Å². The van der Waals surface area contributed by atoms with E-state index in [4.69, 9.17) is 0 Å². The quantitative estimate of drug-likeness (QED) is 0.598. The van der Waals surface area contributed by atoms with Crippen LogP contribution in [0.4, 0.5) is 0 Å². The fourth-order valence-electron chi connectivity index (χ4n) is 2.62. The summed E-state index contributed by atoms with van der Waals surface area (Å²) in [5.41, 5.74) is 2.45. The van der Waals surface area contributed by atoms with Crippen molar-refractivity contribution in [1.29, 1.82) is 0 Å². The van der Waals surface area contributed by atoms with Crippen molar-refractivity contribution >= 4 is 11.6 Å². The number of hydrogen-bond donors (Lipinski definition) is 0. The number of ketones is 2. The summed E-state index contributed by atoms with van der Waals surface area (Å²) in [4.78, 5) is 23.8. The van der Waals surface area contributed by atoms with Crippen molar-refractivity contribution in [3.05, 3.63) is 47.5 Å². The van der Waals surface area contributed by atoms with Gasteiger partial charge in [0.25, 0.3) is 0 Å². The molecule has 0 N–H and O–H groups in total.